The van der Waals surface area contributed by atoms with Crippen LogP contribution in [0.4, 0.5) is 5.82 Å². The molecule has 0 amide bonds. The van der Waals surface area contributed by atoms with Gasteiger partial charge < -0.3 is 10.3 Å². The van der Waals surface area contributed by atoms with Gasteiger partial charge in [-0.15, -0.1) is 0 Å². The van der Waals surface area contributed by atoms with Crippen molar-refractivity contribution in [2.24, 2.45) is 0 Å². The maximum absolute atomic E-state index is 6.07. The third-order valence-electron chi connectivity index (χ3n) is 2.87. The number of nitrogens with zero attached hydrogens (tertiary/aromatic N) is 2. The second kappa shape index (κ2) is 4.39. The Balaban J connectivity index is 2.54. The van der Waals surface area contributed by atoms with Gasteiger partial charge in [-0.1, -0.05) is 31.2 Å². The Morgan fingerprint density at radius 1 is 1.25 bits per heavy atom. The number of rotatable bonds is 3. The van der Waals surface area contributed by atoms with Crippen molar-refractivity contribution in [3.05, 3.63) is 36.2 Å². The summed E-state index contributed by atoms with van der Waals surface area (Å²) in [6.07, 6.45) is 2.80. The number of aryl methyl sites for hydroxylation is 2. The molecular formula is C13H17N3. The summed E-state index contributed by atoms with van der Waals surface area (Å²) < 4.78 is 1.96. The predicted octanol–water partition coefficient (Wildman–Crippen LogP) is 2.71. The van der Waals surface area contributed by atoms with Crippen LogP contribution in [0.3, 0.4) is 0 Å². The molecule has 2 N–H and O–H groups in total. The smallest absolute Gasteiger partial charge is 0.131 e. The molecule has 0 aliphatic rings. The SMILES string of the molecule is CCc1ccccc1-c1ncn(CC)c1N. The highest BCUT2D eigenvalue weighted by Gasteiger charge is 2.11. The molecule has 2 aromatic rings. The van der Waals surface area contributed by atoms with Gasteiger partial charge in [0.1, 0.15) is 11.5 Å². The molecule has 0 bridgehead atoms. The lowest BCUT2D eigenvalue weighted by Gasteiger charge is -2.06. The van der Waals surface area contributed by atoms with E-state index in [4.69, 9.17) is 5.73 Å². The number of anilines is 1. The first-order valence-electron chi connectivity index (χ1n) is 5.66. The first kappa shape index (κ1) is 10.7. The van der Waals surface area contributed by atoms with E-state index < -0.39 is 0 Å². The molecule has 2 rings (SSSR count). The highest BCUT2D eigenvalue weighted by molar-refractivity contribution is 5.73. The second-order valence-electron chi connectivity index (χ2n) is 3.78. The third kappa shape index (κ3) is 1.69. The maximum atomic E-state index is 6.07. The Morgan fingerprint density at radius 2 is 2.00 bits per heavy atom. The molecule has 0 saturated heterocycles. The van der Waals surface area contributed by atoms with Crippen molar-refractivity contribution in [1.82, 2.24) is 9.55 Å². The fourth-order valence-electron chi connectivity index (χ4n) is 1.91. The molecule has 1 aromatic carbocycles. The van der Waals surface area contributed by atoms with Gasteiger partial charge in [0, 0.05) is 12.1 Å². The second-order valence-corrected chi connectivity index (χ2v) is 3.78. The van der Waals surface area contributed by atoms with Crippen molar-refractivity contribution in [2.45, 2.75) is 26.8 Å². The first-order valence-corrected chi connectivity index (χ1v) is 5.66. The summed E-state index contributed by atoms with van der Waals surface area (Å²) >= 11 is 0. The first-order chi connectivity index (χ1) is 7.77. The van der Waals surface area contributed by atoms with E-state index in [1.807, 2.05) is 10.6 Å². The minimum Gasteiger partial charge on any atom is -0.383 e. The Kier molecular flexibility index (Phi) is 2.95. The molecular weight excluding hydrogens is 198 g/mol. The monoisotopic (exact) mass is 215 g/mol. The Labute approximate surface area is 95.9 Å². The van der Waals surface area contributed by atoms with E-state index in [1.165, 1.54) is 5.56 Å². The molecule has 0 fully saturated rings. The lowest BCUT2D eigenvalue weighted by atomic mass is 10.0. The van der Waals surface area contributed by atoms with Crippen molar-refractivity contribution in [3.63, 3.8) is 0 Å². The van der Waals surface area contributed by atoms with Gasteiger partial charge >= 0.3 is 0 Å². The highest BCUT2D eigenvalue weighted by atomic mass is 15.1. The van der Waals surface area contributed by atoms with E-state index in [0.29, 0.717) is 0 Å². The molecule has 0 aliphatic carbocycles. The van der Waals surface area contributed by atoms with Crippen LogP contribution in [0.5, 0.6) is 0 Å². The zero-order valence-corrected chi connectivity index (χ0v) is 9.77. The zero-order chi connectivity index (χ0) is 11.5. The number of hydrogen-bond acceptors (Lipinski definition) is 2. The van der Waals surface area contributed by atoms with Gasteiger partial charge in [0.25, 0.3) is 0 Å². The van der Waals surface area contributed by atoms with Crippen LogP contribution in [-0.4, -0.2) is 9.55 Å². The third-order valence-corrected chi connectivity index (χ3v) is 2.87. The zero-order valence-electron chi connectivity index (χ0n) is 9.77. The number of hydrogen-bond donors (Lipinski definition) is 1. The van der Waals surface area contributed by atoms with E-state index >= 15 is 0 Å². The van der Waals surface area contributed by atoms with Gasteiger partial charge in [-0.05, 0) is 18.9 Å². The van der Waals surface area contributed by atoms with Crippen LogP contribution < -0.4 is 5.73 Å². The molecule has 84 valence electrons. The van der Waals surface area contributed by atoms with Crippen molar-refractivity contribution >= 4 is 5.82 Å². The maximum Gasteiger partial charge on any atom is 0.131 e. The van der Waals surface area contributed by atoms with E-state index in [2.05, 4.69) is 37.0 Å². The van der Waals surface area contributed by atoms with E-state index in [1.54, 1.807) is 6.33 Å². The van der Waals surface area contributed by atoms with Crippen molar-refractivity contribution in [1.29, 1.82) is 0 Å². The molecule has 3 nitrogen and oxygen atoms in total. The summed E-state index contributed by atoms with van der Waals surface area (Å²) in [7, 11) is 0. The fourth-order valence-corrected chi connectivity index (χ4v) is 1.91. The van der Waals surface area contributed by atoms with Gasteiger partial charge in [-0.25, -0.2) is 4.98 Å². The van der Waals surface area contributed by atoms with Crippen LogP contribution in [0.15, 0.2) is 30.6 Å². The Morgan fingerprint density at radius 3 is 2.62 bits per heavy atom. The van der Waals surface area contributed by atoms with Crippen molar-refractivity contribution < 1.29 is 0 Å². The number of nitrogens with two attached hydrogens (primary N) is 1. The predicted molar refractivity (Wildman–Crippen MR) is 67.1 cm³/mol. The summed E-state index contributed by atoms with van der Waals surface area (Å²) in [6.45, 7) is 5.06. The van der Waals surface area contributed by atoms with Crippen LogP contribution in [-0.2, 0) is 13.0 Å². The summed E-state index contributed by atoms with van der Waals surface area (Å²) in [6, 6.07) is 8.28. The standard InChI is InChI=1S/C13H17N3/c1-3-10-7-5-6-8-11(10)12-13(14)16(4-2)9-15-12/h5-9H,3-4,14H2,1-2H3. The van der Waals surface area contributed by atoms with E-state index in [0.717, 1.165) is 30.0 Å². The Hall–Kier alpha value is -1.77. The van der Waals surface area contributed by atoms with Crippen LogP contribution in [0.25, 0.3) is 11.3 Å². The van der Waals surface area contributed by atoms with Crippen LogP contribution in [0, 0.1) is 0 Å². The van der Waals surface area contributed by atoms with Gasteiger partial charge in [-0.2, -0.15) is 0 Å². The molecule has 1 heterocycles. The largest absolute Gasteiger partial charge is 0.383 e. The Bertz CT molecular complexity index is 486. The van der Waals surface area contributed by atoms with Gasteiger partial charge in [0.2, 0.25) is 0 Å². The van der Waals surface area contributed by atoms with Gasteiger partial charge in [0.15, 0.2) is 0 Å². The average molecular weight is 215 g/mol. The molecule has 0 radical (unpaired) electrons. The lowest BCUT2D eigenvalue weighted by Crippen LogP contribution is -2.00. The quantitative estimate of drug-likeness (QED) is 0.855. The normalized spacial score (nSPS) is 10.6. The topological polar surface area (TPSA) is 43.8 Å². The van der Waals surface area contributed by atoms with Crippen molar-refractivity contribution in [3.8, 4) is 11.3 Å². The van der Waals surface area contributed by atoms with E-state index in [-0.39, 0.29) is 0 Å². The van der Waals surface area contributed by atoms with Crippen LogP contribution >= 0.6 is 0 Å². The highest BCUT2D eigenvalue weighted by Crippen LogP contribution is 2.27. The number of nitrogen functional groups attached to an aromatic ring is 1. The molecule has 3 heteroatoms. The number of benzene rings is 1. The minimum absolute atomic E-state index is 0.753. The van der Waals surface area contributed by atoms with Crippen molar-refractivity contribution in [2.75, 3.05) is 5.73 Å². The van der Waals surface area contributed by atoms with Crippen LogP contribution in [0.2, 0.25) is 0 Å². The summed E-state index contributed by atoms with van der Waals surface area (Å²) in [5.41, 5.74) is 9.41. The van der Waals surface area contributed by atoms with Gasteiger partial charge in [0.05, 0.1) is 6.33 Å². The number of imidazole rings is 1. The summed E-state index contributed by atoms with van der Waals surface area (Å²) in [4.78, 5) is 4.40. The minimum atomic E-state index is 0.753. The molecule has 0 atom stereocenters. The molecule has 0 unspecified atom stereocenters. The number of aromatic nitrogens is 2. The van der Waals surface area contributed by atoms with Gasteiger partial charge in [-0.3, -0.25) is 0 Å². The van der Waals surface area contributed by atoms with Crippen LogP contribution in [0.1, 0.15) is 19.4 Å². The molecule has 0 spiro atoms. The molecule has 16 heavy (non-hydrogen) atoms. The van der Waals surface area contributed by atoms with E-state index in [9.17, 15) is 0 Å². The average Bonchev–Trinajstić information content (AvgIpc) is 2.70. The molecule has 0 aliphatic heterocycles. The summed E-state index contributed by atoms with van der Waals surface area (Å²) in [5, 5.41) is 0. The fraction of sp³-hybridized carbons (Fsp3) is 0.308. The molecule has 0 saturated carbocycles. The lowest BCUT2D eigenvalue weighted by molar-refractivity contribution is 0.771. The summed E-state index contributed by atoms with van der Waals surface area (Å²) in [5.74, 6) is 0.753. The molecule has 1 aromatic heterocycles.